The zero-order chi connectivity index (χ0) is 15.1. The molecule has 0 atom stereocenters. The third-order valence-electron chi connectivity index (χ3n) is 3.15. The van der Waals surface area contributed by atoms with E-state index in [9.17, 15) is 0 Å². The van der Waals surface area contributed by atoms with Gasteiger partial charge in [0.1, 0.15) is 5.82 Å². The fraction of sp³-hybridized carbons (Fsp3) is 0.438. The largest absolute Gasteiger partial charge is 0.378 e. The van der Waals surface area contributed by atoms with E-state index in [4.69, 9.17) is 4.74 Å². The Morgan fingerprint density at radius 1 is 1.24 bits per heavy atom. The Morgan fingerprint density at radius 3 is 2.81 bits per heavy atom. The second kappa shape index (κ2) is 7.69. The first kappa shape index (κ1) is 15.4. The first-order chi connectivity index (χ1) is 10.3. The molecule has 2 rings (SSSR count). The molecule has 0 radical (unpaired) electrons. The van der Waals surface area contributed by atoms with Crippen LogP contribution in [-0.4, -0.2) is 28.6 Å². The number of anilines is 1. The second-order valence-electron chi connectivity index (χ2n) is 4.81. The number of pyridine rings is 1. The molecule has 0 bridgehead atoms. The summed E-state index contributed by atoms with van der Waals surface area (Å²) in [5.41, 5.74) is 3.05. The van der Waals surface area contributed by atoms with Gasteiger partial charge in [-0.25, -0.2) is 9.97 Å². The van der Waals surface area contributed by atoms with Crippen molar-refractivity contribution in [1.29, 1.82) is 0 Å². The predicted octanol–water partition coefficient (Wildman–Crippen LogP) is 3.07. The summed E-state index contributed by atoms with van der Waals surface area (Å²) in [6.07, 6.45) is 5.61. The topological polar surface area (TPSA) is 59.9 Å². The molecule has 0 aliphatic rings. The van der Waals surface area contributed by atoms with Crippen LogP contribution in [0, 0.1) is 0 Å². The molecule has 21 heavy (non-hydrogen) atoms. The Bertz CT molecular complexity index is 586. The van der Waals surface area contributed by atoms with Crippen molar-refractivity contribution in [2.75, 3.05) is 19.0 Å². The van der Waals surface area contributed by atoms with E-state index >= 15 is 0 Å². The van der Waals surface area contributed by atoms with E-state index in [0.29, 0.717) is 6.61 Å². The molecule has 0 aromatic carbocycles. The minimum absolute atomic E-state index is 0.475. The second-order valence-corrected chi connectivity index (χ2v) is 4.81. The van der Waals surface area contributed by atoms with E-state index in [1.54, 1.807) is 13.3 Å². The Labute approximate surface area is 125 Å². The summed E-state index contributed by atoms with van der Waals surface area (Å²) in [5, 5.41) is 3.32. The molecule has 0 fully saturated rings. The quantitative estimate of drug-likeness (QED) is 0.847. The molecule has 112 valence electrons. The van der Waals surface area contributed by atoms with Crippen molar-refractivity contribution in [2.24, 2.45) is 0 Å². The van der Waals surface area contributed by atoms with Crippen LogP contribution in [0.4, 0.5) is 5.82 Å². The third-order valence-corrected chi connectivity index (χ3v) is 3.15. The number of aryl methyl sites for hydroxylation is 1. The number of rotatable bonds is 7. The van der Waals surface area contributed by atoms with Crippen LogP contribution < -0.4 is 5.32 Å². The standard InChI is InChI=1S/C16H22N4O/c1-4-7-18-15-9-13(11-21-3)19-16(20-15)14-6-8-17-10-12(14)5-2/h6,8-10H,4-5,7,11H2,1-3H3,(H,18,19,20). The molecule has 1 N–H and O–H groups in total. The number of ether oxygens (including phenoxy) is 1. The summed E-state index contributed by atoms with van der Waals surface area (Å²) in [5.74, 6) is 1.56. The SMILES string of the molecule is CCCNc1cc(COC)nc(-c2ccncc2CC)n1. The van der Waals surface area contributed by atoms with E-state index in [0.717, 1.165) is 47.8 Å². The lowest BCUT2D eigenvalue weighted by atomic mass is 10.1. The molecular weight excluding hydrogens is 264 g/mol. The molecule has 0 amide bonds. The molecule has 0 saturated heterocycles. The highest BCUT2D eigenvalue weighted by Gasteiger charge is 2.10. The maximum absolute atomic E-state index is 5.20. The third kappa shape index (κ3) is 3.98. The van der Waals surface area contributed by atoms with E-state index in [2.05, 4.69) is 34.1 Å². The van der Waals surface area contributed by atoms with Crippen LogP contribution in [0.15, 0.2) is 24.5 Å². The lowest BCUT2D eigenvalue weighted by Crippen LogP contribution is -2.06. The highest BCUT2D eigenvalue weighted by Crippen LogP contribution is 2.22. The van der Waals surface area contributed by atoms with Crippen LogP contribution in [0.3, 0.4) is 0 Å². The van der Waals surface area contributed by atoms with Crippen molar-refractivity contribution in [3.05, 3.63) is 35.8 Å². The molecule has 5 nitrogen and oxygen atoms in total. The van der Waals surface area contributed by atoms with E-state index in [1.807, 2.05) is 18.3 Å². The van der Waals surface area contributed by atoms with Crippen LogP contribution >= 0.6 is 0 Å². The molecule has 0 aliphatic carbocycles. The fourth-order valence-electron chi connectivity index (χ4n) is 2.11. The first-order valence-electron chi connectivity index (χ1n) is 7.32. The van der Waals surface area contributed by atoms with Crippen molar-refractivity contribution < 1.29 is 4.74 Å². The van der Waals surface area contributed by atoms with E-state index < -0.39 is 0 Å². The molecule has 0 aliphatic heterocycles. The van der Waals surface area contributed by atoms with Gasteiger partial charge in [-0.3, -0.25) is 4.98 Å². The van der Waals surface area contributed by atoms with E-state index in [-0.39, 0.29) is 0 Å². The van der Waals surface area contributed by atoms with Gasteiger partial charge in [0.15, 0.2) is 5.82 Å². The average molecular weight is 286 g/mol. The molecule has 5 heteroatoms. The minimum Gasteiger partial charge on any atom is -0.378 e. The zero-order valence-electron chi connectivity index (χ0n) is 12.9. The predicted molar refractivity (Wildman–Crippen MR) is 84.1 cm³/mol. The summed E-state index contributed by atoms with van der Waals surface area (Å²) in [6, 6.07) is 3.91. The van der Waals surface area contributed by atoms with Crippen molar-refractivity contribution >= 4 is 5.82 Å². The number of aromatic nitrogens is 3. The van der Waals surface area contributed by atoms with Crippen molar-refractivity contribution in [3.8, 4) is 11.4 Å². The average Bonchev–Trinajstić information content (AvgIpc) is 2.53. The summed E-state index contributed by atoms with van der Waals surface area (Å²) in [6.45, 7) is 5.60. The Balaban J connectivity index is 2.43. The summed E-state index contributed by atoms with van der Waals surface area (Å²) in [4.78, 5) is 13.4. The molecule has 0 saturated carbocycles. The highest BCUT2D eigenvalue weighted by molar-refractivity contribution is 5.61. The molecule has 2 heterocycles. The summed E-state index contributed by atoms with van der Waals surface area (Å²) in [7, 11) is 1.67. The van der Waals surface area contributed by atoms with E-state index in [1.165, 1.54) is 0 Å². The Hall–Kier alpha value is -2.01. The van der Waals surface area contributed by atoms with Crippen LogP contribution in [-0.2, 0) is 17.8 Å². The normalized spacial score (nSPS) is 10.6. The van der Waals surface area contributed by atoms with Crippen LogP contribution in [0.1, 0.15) is 31.5 Å². The van der Waals surface area contributed by atoms with Gasteiger partial charge in [-0.05, 0) is 24.5 Å². The molecule has 2 aromatic heterocycles. The minimum atomic E-state index is 0.475. The number of methoxy groups -OCH3 is 1. The van der Waals surface area contributed by atoms with Gasteiger partial charge in [0.2, 0.25) is 0 Å². The number of hydrogen-bond donors (Lipinski definition) is 1. The maximum Gasteiger partial charge on any atom is 0.162 e. The zero-order valence-corrected chi connectivity index (χ0v) is 12.9. The monoisotopic (exact) mass is 286 g/mol. The lowest BCUT2D eigenvalue weighted by molar-refractivity contribution is 0.181. The highest BCUT2D eigenvalue weighted by atomic mass is 16.5. The molecule has 2 aromatic rings. The Morgan fingerprint density at radius 2 is 2.10 bits per heavy atom. The molecule has 0 spiro atoms. The van der Waals surface area contributed by atoms with Crippen molar-refractivity contribution in [1.82, 2.24) is 15.0 Å². The maximum atomic E-state index is 5.20. The van der Waals surface area contributed by atoms with Crippen LogP contribution in [0.5, 0.6) is 0 Å². The van der Waals surface area contributed by atoms with Gasteiger partial charge in [-0.15, -0.1) is 0 Å². The molecule has 0 unspecified atom stereocenters. The smallest absolute Gasteiger partial charge is 0.162 e. The van der Waals surface area contributed by atoms with Gasteiger partial charge in [-0.2, -0.15) is 0 Å². The summed E-state index contributed by atoms with van der Waals surface area (Å²) < 4.78 is 5.20. The first-order valence-corrected chi connectivity index (χ1v) is 7.32. The Kier molecular flexibility index (Phi) is 5.63. The van der Waals surface area contributed by atoms with Gasteiger partial charge in [0, 0.05) is 37.7 Å². The van der Waals surface area contributed by atoms with Gasteiger partial charge in [0.25, 0.3) is 0 Å². The van der Waals surface area contributed by atoms with Crippen LogP contribution in [0.2, 0.25) is 0 Å². The summed E-state index contributed by atoms with van der Waals surface area (Å²) >= 11 is 0. The van der Waals surface area contributed by atoms with Gasteiger partial charge >= 0.3 is 0 Å². The molecular formula is C16H22N4O. The van der Waals surface area contributed by atoms with Gasteiger partial charge in [-0.1, -0.05) is 13.8 Å². The lowest BCUT2D eigenvalue weighted by Gasteiger charge is -2.11. The van der Waals surface area contributed by atoms with Gasteiger partial charge in [0.05, 0.1) is 12.3 Å². The van der Waals surface area contributed by atoms with Crippen LogP contribution in [0.25, 0.3) is 11.4 Å². The fourth-order valence-corrected chi connectivity index (χ4v) is 2.11. The number of nitrogens with one attached hydrogen (secondary N) is 1. The van der Waals surface area contributed by atoms with Crippen molar-refractivity contribution in [2.45, 2.75) is 33.3 Å². The number of hydrogen-bond acceptors (Lipinski definition) is 5. The van der Waals surface area contributed by atoms with Gasteiger partial charge < -0.3 is 10.1 Å². The number of nitrogens with zero attached hydrogens (tertiary/aromatic N) is 3. The van der Waals surface area contributed by atoms with Crippen molar-refractivity contribution in [3.63, 3.8) is 0 Å².